The van der Waals surface area contributed by atoms with Gasteiger partial charge in [0.05, 0.1) is 7.11 Å². The van der Waals surface area contributed by atoms with E-state index in [-0.39, 0.29) is 0 Å². The largest absolute Gasteiger partial charge is 0.453 e. The Balaban J connectivity index is 2.46. The third-order valence-electron chi connectivity index (χ3n) is 1.35. The molecule has 1 rings (SSSR count). The molecule has 0 aromatic carbocycles. The third-order valence-corrected chi connectivity index (χ3v) is 2.14. The van der Waals surface area contributed by atoms with Crippen molar-refractivity contribution in [2.24, 2.45) is 0 Å². The number of hydrogen-bond acceptors (Lipinski definition) is 6. The summed E-state index contributed by atoms with van der Waals surface area (Å²) in [4.78, 5) is 10.8. The van der Waals surface area contributed by atoms with Crippen LogP contribution in [0.25, 0.3) is 0 Å². The van der Waals surface area contributed by atoms with E-state index in [1.165, 1.54) is 18.4 Å². The van der Waals surface area contributed by atoms with Gasteiger partial charge in [-0.1, -0.05) is 18.3 Å². The molecule has 0 aliphatic heterocycles. The lowest BCUT2D eigenvalue weighted by Crippen LogP contribution is -2.10. The lowest BCUT2D eigenvalue weighted by molar-refractivity contribution is 0.187. The normalized spacial score (nSPS) is 9.57. The monoisotopic (exact) mass is 216 g/mol. The first-order valence-corrected chi connectivity index (χ1v) is 5.00. The minimum Gasteiger partial charge on any atom is -0.453 e. The lowest BCUT2D eigenvalue weighted by Gasteiger charge is -1.97. The van der Waals surface area contributed by atoms with Gasteiger partial charge in [-0.05, 0) is 6.42 Å². The van der Waals surface area contributed by atoms with Gasteiger partial charge in [0.15, 0.2) is 0 Å². The molecule has 14 heavy (non-hydrogen) atoms. The number of methoxy groups -OCH3 is 1. The van der Waals surface area contributed by atoms with Crippen LogP contribution < -0.4 is 10.6 Å². The quantitative estimate of drug-likeness (QED) is 0.798. The van der Waals surface area contributed by atoms with Crippen LogP contribution in [0, 0.1) is 0 Å². The maximum absolute atomic E-state index is 10.8. The molecule has 0 spiro atoms. The van der Waals surface area contributed by atoms with Crippen LogP contribution in [0.15, 0.2) is 0 Å². The molecular formula is C7H12N4O2S. The van der Waals surface area contributed by atoms with Crippen molar-refractivity contribution < 1.29 is 9.53 Å². The first-order valence-electron chi connectivity index (χ1n) is 4.18. The molecule has 0 aliphatic rings. The number of rotatable bonds is 4. The van der Waals surface area contributed by atoms with Crippen molar-refractivity contribution in [3.63, 3.8) is 0 Å². The number of aromatic nitrogens is 2. The maximum atomic E-state index is 10.8. The number of ether oxygens (including phenoxy) is 1. The van der Waals surface area contributed by atoms with Crippen LogP contribution in [-0.4, -0.2) is 29.9 Å². The van der Waals surface area contributed by atoms with Crippen molar-refractivity contribution in [1.82, 2.24) is 10.2 Å². The molecule has 0 radical (unpaired) electrons. The molecule has 6 nitrogen and oxygen atoms in total. The van der Waals surface area contributed by atoms with E-state index in [9.17, 15) is 4.79 Å². The molecule has 1 aromatic rings. The van der Waals surface area contributed by atoms with Gasteiger partial charge in [0.1, 0.15) is 0 Å². The Kier molecular flexibility index (Phi) is 4.11. The highest BCUT2D eigenvalue weighted by Crippen LogP contribution is 2.19. The topological polar surface area (TPSA) is 76.1 Å². The predicted molar refractivity (Wildman–Crippen MR) is 54.7 cm³/mol. The maximum Gasteiger partial charge on any atom is 0.413 e. The van der Waals surface area contributed by atoms with Crippen molar-refractivity contribution in [3.05, 3.63) is 0 Å². The summed E-state index contributed by atoms with van der Waals surface area (Å²) in [5.74, 6) is 0. The summed E-state index contributed by atoms with van der Waals surface area (Å²) < 4.78 is 4.41. The molecule has 78 valence electrons. The van der Waals surface area contributed by atoms with Crippen molar-refractivity contribution in [2.75, 3.05) is 24.3 Å². The third kappa shape index (κ3) is 3.17. The number of anilines is 2. The van der Waals surface area contributed by atoms with Crippen LogP contribution in [0.5, 0.6) is 0 Å². The van der Waals surface area contributed by atoms with Gasteiger partial charge in [0, 0.05) is 6.54 Å². The summed E-state index contributed by atoms with van der Waals surface area (Å²) in [6.07, 6.45) is 0.475. The highest BCUT2D eigenvalue weighted by molar-refractivity contribution is 7.19. The number of carbonyl (C=O) groups is 1. The van der Waals surface area contributed by atoms with Crippen molar-refractivity contribution in [3.8, 4) is 0 Å². The number of nitrogens with zero attached hydrogens (tertiary/aromatic N) is 2. The van der Waals surface area contributed by atoms with E-state index >= 15 is 0 Å². The molecule has 1 amide bonds. The van der Waals surface area contributed by atoms with Crippen molar-refractivity contribution in [1.29, 1.82) is 0 Å². The summed E-state index contributed by atoms with van der Waals surface area (Å²) in [5, 5.41) is 14.2. The molecule has 0 saturated heterocycles. The minimum absolute atomic E-state index is 0.426. The number of nitrogens with one attached hydrogen (secondary N) is 2. The molecule has 7 heteroatoms. The van der Waals surface area contributed by atoms with E-state index in [4.69, 9.17) is 0 Å². The first kappa shape index (κ1) is 10.7. The average Bonchev–Trinajstić information content (AvgIpc) is 2.62. The second-order valence-electron chi connectivity index (χ2n) is 2.46. The zero-order valence-electron chi connectivity index (χ0n) is 8.03. The molecule has 0 bridgehead atoms. The Labute approximate surface area is 85.7 Å². The summed E-state index contributed by atoms with van der Waals surface area (Å²) >= 11 is 1.27. The first-order chi connectivity index (χ1) is 6.76. The van der Waals surface area contributed by atoms with Crippen LogP contribution >= 0.6 is 11.3 Å². The van der Waals surface area contributed by atoms with Crippen LogP contribution in [0.2, 0.25) is 0 Å². The van der Waals surface area contributed by atoms with Gasteiger partial charge in [-0.25, -0.2) is 4.79 Å². The van der Waals surface area contributed by atoms with Crippen LogP contribution in [-0.2, 0) is 4.74 Å². The fraction of sp³-hybridized carbons (Fsp3) is 0.571. The number of hydrogen-bond donors (Lipinski definition) is 2. The summed E-state index contributed by atoms with van der Waals surface area (Å²) in [7, 11) is 1.30. The highest BCUT2D eigenvalue weighted by Gasteiger charge is 2.06. The van der Waals surface area contributed by atoms with Gasteiger partial charge in [0.2, 0.25) is 10.3 Å². The standard InChI is InChI=1S/C7H12N4O2S/c1-3-4-8-5-10-11-6(14-5)9-7(12)13-2/h3-4H2,1-2H3,(H,8,10)(H,9,11,12). The molecule has 1 heterocycles. The van der Waals surface area contributed by atoms with E-state index in [2.05, 4.69) is 32.5 Å². The molecule has 0 aliphatic carbocycles. The number of carbonyl (C=O) groups excluding carboxylic acids is 1. The van der Waals surface area contributed by atoms with E-state index in [1.54, 1.807) is 0 Å². The van der Waals surface area contributed by atoms with Gasteiger partial charge < -0.3 is 10.1 Å². The molecule has 0 atom stereocenters. The molecule has 0 fully saturated rings. The SMILES string of the molecule is CCCNc1nnc(NC(=O)OC)s1. The van der Waals surface area contributed by atoms with E-state index < -0.39 is 6.09 Å². The summed E-state index contributed by atoms with van der Waals surface area (Å²) in [5.41, 5.74) is 0. The highest BCUT2D eigenvalue weighted by atomic mass is 32.1. The van der Waals surface area contributed by atoms with E-state index in [0.29, 0.717) is 10.3 Å². The van der Waals surface area contributed by atoms with Crippen molar-refractivity contribution >= 4 is 27.7 Å². The molecule has 0 saturated carbocycles. The van der Waals surface area contributed by atoms with Gasteiger partial charge in [-0.2, -0.15) is 0 Å². The summed E-state index contributed by atoms with van der Waals surface area (Å²) in [6.45, 7) is 2.90. The Morgan fingerprint density at radius 3 is 2.86 bits per heavy atom. The Morgan fingerprint density at radius 2 is 2.21 bits per heavy atom. The average molecular weight is 216 g/mol. The lowest BCUT2D eigenvalue weighted by atomic mass is 10.5. The molecule has 0 unspecified atom stereocenters. The Hall–Kier alpha value is -1.37. The number of amides is 1. The van der Waals surface area contributed by atoms with Gasteiger partial charge in [-0.15, -0.1) is 10.2 Å². The van der Waals surface area contributed by atoms with E-state index in [1.807, 2.05) is 0 Å². The van der Waals surface area contributed by atoms with Crippen LogP contribution in [0.3, 0.4) is 0 Å². The smallest absolute Gasteiger partial charge is 0.413 e. The zero-order chi connectivity index (χ0) is 10.4. The fourth-order valence-electron chi connectivity index (χ4n) is 0.715. The zero-order valence-corrected chi connectivity index (χ0v) is 8.85. The van der Waals surface area contributed by atoms with E-state index in [0.717, 1.165) is 13.0 Å². The Morgan fingerprint density at radius 1 is 1.50 bits per heavy atom. The van der Waals surface area contributed by atoms with Crippen LogP contribution in [0.4, 0.5) is 15.1 Å². The van der Waals surface area contributed by atoms with Gasteiger partial charge in [0.25, 0.3) is 0 Å². The molecule has 2 N–H and O–H groups in total. The van der Waals surface area contributed by atoms with Gasteiger partial charge in [-0.3, -0.25) is 5.32 Å². The fourth-order valence-corrected chi connectivity index (χ4v) is 1.37. The van der Waals surface area contributed by atoms with Gasteiger partial charge >= 0.3 is 6.09 Å². The predicted octanol–water partition coefficient (Wildman–Crippen LogP) is 1.54. The Bertz CT molecular complexity index is 302. The van der Waals surface area contributed by atoms with Crippen molar-refractivity contribution in [2.45, 2.75) is 13.3 Å². The minimum atomic E-state index is -0.539. The second-order valence-corrected chi connectivity index (χ2v) is 3.43. The second kappa shape index (κ2) is 5.38. The molecular weight excluding hydrogens is 204 g/mol. The summed E-state index contributed by atoms with van der Waals surface area (Å²) in [6, 6.07) is 0. The van der Waals surface area contributed by atoms with Crippen LogP contribution in [0.1, 0.15) is 13.3 Å². The molecule has 1 aromatic heterocycles.